The van der Waals surface area contributed by atoms with Crippen LogP contribution in [-0.2, 0) is 20.7 Å². The number of nitrogens with two attached hydrogens (primary N) is 1. The highest BCUT2D eigenvalue weighted by molar-refractivity contribution is 6.09. The van der Waals surface area contributed by atoms with Crippen LogP contribution >= 0.6 is 0 Å². The van der Waals surface area contributed by atoms with Gasteiger partial charge in [0.1, 0.15) is 29.2 Å². The van der Waals surface area contributed by atoms with Crippen LogP contribution < -0.4 is 15.8 Å². The van der Waals surface area contributed by atoms with Crippen LogP contribution in [0.5, 0.6) is 11.5 Å². The van der Waals surface area contributed by atoms with Gasteiger partial charge in [0.25, 0.3) is 5.91 Å². The molecule has 4 N–H and O–H groups in total. The van der Waals surface area contributed by atoms with E-state index in [-0.39, 0.29) is 17.9 Å². The molecule has 1 fully saturated rings. The van der Waals surface area contributed by atoms with Crippen LogP contribution in [0.15, 0.2) is 42.2 Å². The van der Waals surface area contributed by atoms with Crippen LogP contribution in [0.3, 0.4) is 0 Å². The van der Waals surface area contributed by atoms with Gasteiger partial charge >= 0.3 is 12.1 Å². The Morgan fingerprint density at radius 2 is 1.79 bits per heavy atom. The number of imide groups is 1. The Morgan fingerprint density at radius 3 is 2.31 bits per heavy atom. The summed E-state index contributed by atoms with van der Waals surface area (Å²) < 4.78 is 38.5. The van der Waals surface area contributed by atoms with Gasteiger partial charge in [0, 0.05) is 12.1 Å². The first-order valence-corrected chi connectivity index (χ1v) is 8.22. The van der Waals surface area contributed by atoms with Crippen molar-refractivity contribution >= 4 is 24.0 Å². The molecule has 1 aliphatic heterocycles. The predicted octanol–water partition coefficient (Wildman–Crippen LogP) is 2.32. The lowest BCUT2D eigenvalue weighted by atomic mass is 10.1. The van der Waals surface area contributed by atoms with Gasteiger partial charge in [-0.05, 0) is 30.2 Å². The van der Waals surface area contributed by atoms with E-state index in [1.165, 1.54) is 12.1 Å². The summed E-state index contributed by atoms with van der Waals surface area (Å²) in [5.41, 5.74) is 5.54. The average Bonchev–Trinajstić information content (AvgIpc) is 2.97. The molecule has 10 heteroatoms. The third-order valence-corrected chi connectivity index (χ3v) is 3.90. The fraction of sp³-hybridized carbons (Fsp3) is 0.105. The van der Waals surface area contributed by atoms with Gasteiger partial charge in [0.15, 0.2) is 5.76 Å². The van der Waals surface area contributed by atoms with Gasteiger partial charge in [-0.2, -0.15) is 0 Å². The lowest BCUT2D eigenvalue weighted by molar-refractivity contribution is -0.138. The van der Waals surface area contributed by atoms with Gasteiger partial charge in [-0.1, -0.05) is 12.1 Å². The lowest BCUT2D eigenvalue weighted by Crippen LogP contribution is -2.32. The fourth-order valence-corrected chi connectivity index (χ4v) is 2.48. The van der Waals surface area contributed by atoms with Gasteiger partial charge in [-0.15, -0.1) is 0 Å². The summed E-state index contributed by atoms with van der Waals surface area (Å²) in [6.07, 6.45) is -0.148. The number of alkyl carbamates (subject to hydrolysis) is 1. The molecule has 2 aromatic carbocycles. The highest BCUT2D eigenvalue weighted by Crippen LogP contribution is 2.28. The number of carbonyl (C=O) groups is 3. The number of cyclic esters (lactones) is 1. The number of carboxylic acids is 1. The first kappa shape index (κ1) is 20.0. The number of halogens is 2. The standard InChI is InChI=1S/C19H14F2N2O6/c20-13-6-11(7-14(21)12(13)8-16-17(24)23-19(27)29-16)28-10-3-1-9(2-4-10)5-15(22)18(25)26/h1-4,6-8,15H,5,22H2,(H,25,26)(H,23,24,27)/b16-8-. The van der Waals surface area contributed by atoms with E-state index in [0.717, 1.165) is 18.2 Å². The van der Waals surface area contributed by atoms with E-state index in [0.29, 0.717) is 5.56 Å². The zero-order chi connectivity index (χ0) is 21.1. The molecule has 0 spiro atoms. The first-order valence-electron chi connectivity index (χ1n) is 8.22. The summed E-state index contributed by atoms with van der Waals surface area (Å²) in [5.74, 6) is -4.53. The van der Waals surface area contributed by atoms with E-state index in [9.17, 15) is 23.2 Å². The molecule has 0 aliphatic carbocycles. The molecule has 150 valence electrons. The Kier molecular flexibility index (Phi) is 5.55. The van der Waals surface area contributed by atoms with Crippen molar-refractivity contribution in [2.24, 2.45) is 5.73 Å². The number of aliphatic carboxylic acids is 1. The number of carboxylic acid groups (broad SMARTS) is 1. The summed E-state index contributed by atoms with van der Waals surface area (Å²) in [6, 6.07) is 6.91. The second-order valence-electron chi connectivity index (χ2n) is 6.05. The highest BCUT2D eigenvalue weighted by atomic mass is 19.1. The van der Waals surface area contributed by atoms with Crippen LogP contribution in [-0.4, -0.2) is 29.1 Å². The SMILES string of the molecule is NC(Cc1ccc(Oc2cc(F)c(/C=C3\OC(=O)NC3=O)c(F)c2)cc1)C(=O)O. The van der Waals surface area contributed by atoms with Crippen LogP contribution in [0.25, 0.3) is 6.08 Å². The maximum atomic E-state index is 14.3. The lowest BCUT2D eigenvalue weighted by Gasteiger charge is -2.10. The molecule has 29 heavy (non-hydrogen) atoms. The van der Waals surface area contributed by atoms with E-state index in [1.807, 2.05) is 5.32 Å². The second-order valence-corrected chi connectivity index (χ2v) is 6.05. The van der Waals surface area contributed by atoms with E-state index in [4.69, 9.17) is 15.6 Å². The monoisotopic (exact) mass is 404 g/mol. The molecule has 1 unspecified atom stereocenters. The third kappa shape index (κ3) is 4.74. The molecule has 0 aromatic heterocycles. The van der Waals surface area contributed by atoms with Crippen molar-refractivity contribution in [2.75, 3.05) is 0 Å². The molecule has 0 radical (unpaired) electrons. The molecule has 1 saturated heterocycles. The molecule has 0 bridgehead atoms. The summed E-state index contributed by atoms with van der Waals surface area (Å²) in [4.78, 5) is 33.1. The van der Waals surface area contributed by atoms with Crippen LogP contribution in [0, 0.1) is 11.6 Å². The van der Waals surface area contributed by atoms with Crippen molar-refractivity contribution in [1.82, 2.24) is 5.32 Å². The summed E-state index contributed by atoms with van der Waals surface area (Å²) >= 11 is 0. The molecular formula is C19H14F2N2O6. The Hall–Kier alpha value is -3.79. The minimum absolute atomic E-state index is 0.111. The number of benzene rings is 2. The van der Waals surface area contributed by atoms with E-state index < -0.39 is 47.0 Å². The van der Waals surface area contributed by atoms with E-state index in [2.05, 4.69) is 4.74 Å². The maximum Gasteiger partial charge on any atom is 0.419 e. The number of rotatable bonds is 6. The topological polar surface area (TPSA) is 128 Å². The Balaban J connectivity index is 1.76. The summed E-state index contributed by atoms with van der Waals surface area (Å²) in [6.45, 7) is 0. The Labute approximate surface area is 162 Å². The molecule has 1 atom stereocenters. The maximum absolute atomic E-state index is 14.3. The Morgan fingerprint density at radius 1 is 1.17 bits per heavy atom. The van der Waals surface area contributed by atoms with E-state index >= 15 is 0 Å². The molecule has 0 saturated carbocycles. The van der Waals surface area contributed by atoms with Crippen molar-refractivity contribution in [2.45, 2.75) is 12.5 Å². The average molecular weight is 404 g/mol. The predicted molar refractivity (Wildman–Crippen MR) is 94.8 cm³/mol. The van der Waals surface area contributed by atoms with Gasteiger partial charge < -0.3 is 20.3 Å². The summed E-state index contributed by atoms with van der Waals surface area (Å²) in [5, 5.41) is 10.6. The van der Waals surface area contributed by atoms with Crippen molar-refractivity contribution in [3.8, 4) is 11.5 Å². The minimum Gasteiger partial charge on any atom is -0.480 e. The molecule has 2 aromatic rings. The Bertz CT molecular complexity index is 997. The number of ether oxygens (including phenoxy) is 2. The fourth-order valence-electron chi connectivity index (χ4n) is 2.48. The number of hydrogen-bond acceptors (Lipinski definition) is 6. The summed E-state index contributed by atoms with van der Waals surface area (Å²) in [7, 11) is 0. The molecule has 1 aliphatic rings. The number of amides is 2. The van der Waals surface area contributed by atoms with E-state index in [1.54, 1.807) is 12.1 Å². The first-order chi connectivity index (χ1) is 13.7. The molecular weight excluding hydrogens is 390 g/mol. The normalized spacial score (nSPS) is 15.8. The van der Waals surface area contributed by atoms with Crippen LogP contribution in [0.2, 0.25) is 0 Å². The van der Waals surface area contributed by atoms with Crippen molar-refractivity contribution in [1.29, 1.82) is 0 Å². The van der Waals surface area contributed by atoms with Crippen molar-refractivity contribution in [3.05, 3.63) is 64.9 Å². The smallest absolute Gasteiger partial charge is 0.419 e. The number of hydrogen-bond donors (Lipinski definition) is 3. The van der Waals surface area contributed by atoms with Gasteiger partial charge in [-0.3, -0.25) is 14.9 Å². The van der Waals surface area contributed by atoms with Crippen molar-refractivity contribution in [3.63, 3.8) is 0 Å². The molecule has 1 heterocycles. The molecule has 3 rings (SSSR count). The number of carbonyl (C=O) groups excluding carboxylic acids is 2. The second kappa shape index (κ2) is 8.07. The highest BCUT2D eigenvalue weighted by Gasteiger charge is 2.27. The molecule has 8 nitrogen and oxygen atoms in total. The van der Waals surface area contributed by atoms with Crippen LogP contribution in [0.1, 0.15) is 11.1 Å². The zero-order valence-corrected chi connectivity index (χ0v) is 14.6. The third-order valence-electron chi connectivity index (χ3n) is 3.90. The minimum atomic E-state index is -1.13. The van der Waals surface area contributed by atoms with Gasteiger partial charge in [0.05, 0.1) is 5.56 Å². The van der Waals surface area contributed by atoms with Gasteiger partial charge in [0.2, 0.25) is 0 Å². The quantitative estimate of drug-likeness (QED) is 0.631. The zero-order valence-electron chi connectivity index (χ0n) is 14.6. The number of nitrogens with one attached hydrogen (secondary N) is 1. The molecule has 2 amide bonds. The van der Waals surface area contributed by atoms with Crippen molar-refractivity contribution < 1.29 is 37.7 Å². The van der Waals surface area contributed by atoms with Gasteiger partial charge in [-0.25, -0.2) is 13.6 Å². The largest absolute Gasteiger partial charge is 0.480 e. The van der Waals surface area contributed by atoms with Crippen LogP contribution in [0.4, 0.5) is 13.6 Å².